The third kappa shape index (κ3) is 4.62. The van der Waals surface area contributed by atoms with Gasteiger partial charge in [-0.1, -0.05) is 5.11 Å². The summed E-state index contributed by atoms with van der Waals surface area (Å²) in [5, 5.41) is 12.5. The second kappa shape index (κ2) is 8.58. The number of aromatic amines is 1. The number of carbonyl (C=O) groups excluding carboxylic acids is 2. The first-order valence-electron chi connectivity index (χ1n) is 8.15. The van der Waals surface area contributed by atoms with Crippen LogP contribution in [0.5, 0.6) is 0 Å². The first kappa shape index (κ1) is 21.7. The van der Waals surface area contributed by atoms with Gasteiger partial charge >= 0.3 is 23.6 Å². The lowest BCUT2D eigenvalue weighted by molar-refractivity contribution is -0.166. The Labute approximate surface area is 161 Å². The fourth-order valence-corrected chi connectivity index (χ4v) is 2.87. The van der Waals surface area contributed by atoms with Gasteiger partial charge in [0.25, 0.3) is 5.56 Å². The molecule has 2 rings (SSSR count). The van der Waals surface area contributed by atoms with Crippen molar-refractivity contribution >= 4 is 17.9 Å². The van der Waals surface area contributed by atoms with E-state index in [0.717, 1.165) is 24.6 Å². The van der Waals surface area contributed by atoms with Crippen LogP contribution in [0.15, 0.2) is 20.9 Å². The lowest BCUT2D eigenvalue weighted by atomic mass is 10.0. The van der Waals surface area contributed by atoms with Crippen LogP contribution < -0.4 is 11.2 Å². The Morgan fingerprint density at radius 1 is 1.28 bits per heavy atom. The number of carboxylic acids is 1. The molecule has 14 heteroatoms. The number of H-pyrrole nitrogens is 1. The minimum atomic E-state index is -1.87. The summed E-state index contributed by atoms with van der Waals surface area (Å²) in [6.45, 7) is 3.46. The number of rotatable bonds is 6. The summed E-state index contributed by atoms with van der Waals surface area (Å²) in [5.74, 6) is -3.31. The summed E-state index contributed by atoms with van der Waals surface area (Å²) in [6.07, 6.45) is -4.96. The molecule has 0 aliphatic carbocycles. The molecule has 1 aliphatic heterocycles. The van der Waals surface area contributed by atoms with E-state index in [9.17, 15) is 29.1 Å². The summed E-state index contributed by atoms with van der Waals surface area (Å²) in [6, 6.07) is -1.87. The van der Waals surface area contributed by atoms with Crippen LogP contribution in [0, 0.1) is 6.92 Å². The average molecular weight is 411 g/mol. The van der Waals surface area contributed by atoms with E-state index in [4.69, 9.17) is 19.7 Å². The quantitative estimate of drug-likeness (QED) is 0.264. The molecule has 1 aromatic heterocycles. The van der Waals surface area contributed by atoms with Crippen molar-refractivity contribution in [3.8, 4) is 0 Å². The molecule has 0 spiro atoms. The smallest absolute Gasteiger partial charge is 0.330 e. The molecule has 0 unspecified atom stereocenters. The largest absolute Gasteiger partial charge is 0.481 e. The molecule has 0 aromatic carbocycles. The zero-order chi connectivity index (χ0) is 21.9. The minimum absolute atomic E-state index is 0.104. The van der Waals surface area contributed by atoms with Crippen molar-refractivity contribution in [2.75, 3.05) is 0 Å². The predicted molar refractivity (Wildman–Crippen MR) is 91.6 cm³/mol. The second-order valence-corrected chi connectivity index (χ2v) is 6.11. The maximum atomic E-state index is 12.3. The van der Waals surface area contributed by atoms with Crippen LogP contribution in [0.3, 0.4) is 0 Å². The molecule has 156 valence electrons. The number of hydrogen-bond donors (Lipinski definition) is 2. The first-order valence-corrected chi connectivity index (χ1v) is 8.15. The Morgan fingerprint density at radius 2 is 1.86 bits per heavy atom. The van der Waals surface area contributed by atoms with Crippen LogP contribution in [-0.2, 0) is 28.6 Å². The van der Waals surface area contributed by atoms with Crippen molar-refractivity contribution < 1.29 is 33.7 Å². The number of aliphatic carboxylic acids is 1. The topological polar surface area (TPSA) is 203 Å². The molecule has 0 radical (unpaired) electrons. The van der Waals surface area contributed by atoms with Crippen molar-refractivity contribution in [1.29, 1.82) is 0 Å². The Morgan fingerprint density at radius 3 is 2.38 bits per heavy atom. The van der Waals surface area contributed by atoms with Gasteiger partial charge in [-0.05, 0) is 12.5 Å². The van der Waals surface area contributed by atoms with E-state index in [1.165, 1.54) is 6.92 Å². The van der Waals surface area contributed by atoms with E-state index in [0.29, 0.717) is 0 Å². The lowest BCUT2D eigenvalue weighted by Crippen LogP contribution is -2.45. The normalized spacial score (nSPS) is 24.2. The van der Waals surface area contributed by atoms with Gasteiger partial charge in [-0.15, -0.1) is 0 Å². The molecule has 0 saturated carbocycles. The van der Waals surface area contributed by atoms with E-state index in [1.807, 2.05) is 4.98 Å². The van der Waals surface area contributed by atoms with Crippen LogP contribution in [-0.4, -0.2) is 56.9 Å². The summed E-state index contributed by atoms with van der Waals surface area (Å²) in [7, 11) is 0. The van der Waals surface area contributed by atoms with Crippen molar-refractivity contribution in [2.45, 2.75) is 51.4 Å². The van der Waals surface area contributed by atoms with Gasteiger partial charge < -0.3 is 19.3 Å². The highest BCUT2D eigenvalue weighted by Crippen LogP contribution is 2.35. The van der Waals surface area contributed by atoms with E-state index < -0.39 is 59.7 Å². The minimum Gasteiger partial charge on any atom is -0.481 e. The SMILES string of the molecule is CC(=O)O[C@H]1[C@@H](OC(C)=O)[C@H](n2cc(C)c(=O)[nH]c2=O)O[C@@H]1[C@H](N=[N+]=[N-])C(=O)O. The van der Waals surface area contributed by atoms with Crippen molar-refractivity contribution in [3.05, 3.63) is 43.0 Å². The highest BCUT2D eigenvalue weighted by Gasteiger charge is 2.54. The molecule has 2 N–H and O–H groups in total. The highest BCUT2D eigenvalue weighted by molar-refractivity contribution is 5.75. The molecule has 5 atom stereocenters. The molecule has 14 nitrogen and oxygen atoms in total. The molecule has 1 aromatic rings. The van der Waals surface area contributed by atoms with E-state index in [2.05, 4.69) is 10.0 Å². The first-order chi connectivity index (χ1) is 13.6. The third-order valence-electron chi connectivity index (χ3n) is 3.99. The highest BCUT2D eigenvalue weighted by atomic mass is 16.6. The molecule has 29 heavy (non-hydrogen) atoms. The number of azide groups is 1. The van der Waals surface area contributed by atoms with Crippen molar-refractivity contribution in [2.24, 2.45) is 5.11 Å². The monoisotopic (exact) mass is 411 g/mol. The zero-order valence-corrected chi connectivity index (χ0v) is 15.5. The van der Waals surface area contributed by atoms with Crippen LogP contribution in [0.25, 0.3) is 10.4 Å². The van der Waals surface area contributed by atoms with E-state index >= 15 is 0 Å². The van der Waals surface area contributed by atoms with Gasteiger partial charge in [0.2, 0.25) is 0 Å². The van der Waals surface area contributed by atoms with Crippen LogP contribution in [0.4, 0.5) is 0 Å². The van der Waals surface area contributed by atoms with Gasteiger partial charge in [0.05, 0.1) is 0 Å². The number of nitrogens with zero attached hydrogens (tertiary/aromatic N) is 4. The second-order valence-electron chi connectivity index (χ2n) is 6.11. The molecule has 1 aliphatic rings. The number of aromatic nitrogens is 2. The zero-order valence-electron chi connectivity index (χ0n) is 15.5. The van der Waals surface area contributed by atoms with Crippen LogP contribution in [0.1, 0.15) is 25.6 Å². The molecular weight excluding hydrogens is 394 g/mol. The Bertz CT molecular complexity index is 991. The summed E-state index contributed by atoms with van der Waals surface area (Å²) >= 11 is 0. The number of aryl methyl sites for hydroxylation is 1. The number of ether oxygens (including phenoxy) is 3. The van der Waals surface area contributed by atoms with Gasteiger partial charge in [0, 0.05) is 30.5 Å². The molecule has 0 amide bonds. The summed E-state index contributed by atoms with van der Waals surface area (Å²) in [5.41, 5.74) is 7.16. The predicted octanol–water partition coefficient (Wildman–Crippen LogP) is -0.631. The van der Waals surface area contributed by atoms with Gasteiger partial charge in [0.15, 0.2) is 24.5 Å². The van der Waals surface area contributed by atoms with Crippen molar-refractivity contribution in [3.63, 3.8) is 0 Å². The van der Waals surface area contributed by atoms with Gasteiger partial charge in [-0.3, -0.25) is 28.7 Å². The number of nitrogens with one attached hydrogen (secondary N) is 1. The number of esters is 2. The van der Waals surface area contributed by atoms with Crippen molar-refractivity contribution in [1.82, 2.24) is 9.55 Å². The van der Waals surface area contributed by atoms with Gasteiger partial charge in [0.1, 0.15) is 6.10 Å². The van der Waals surface area contributed by atoms with E-state index in [-0.39, 0.29) is 5.56 Å². The van der Waals surface area contributed by atoms with Gasteiger partial charge in [-0.25, -0.2) is 4.79 Å². The fraction of sp³-hybridized carbons (Fsp3) is 0.533. The molecule has 0 bridgehead atoms. The van der Waals surface area contributed by atoms with Gasteiger partial charge in [-0.2, -0.15) is 0 Å². The Balaban J connectivity index is 2.64. The summed E-state index contributed by atoms with van der Waals surface area (Å²) in [4.78, 5) is 63.0. The molecule has 2 heterocycles. The molecule has 1 fully saturated rings. The Kier molecular flexibility index (Phi) is 6.41. The van der Waals surface area contributed by atoms with E-state index in [1.54, 1.807) is 0 Å². The molecule has 1 saturated heterocycles. The fourth-order valence-electron chi connectivity index (χ4n) is 2.87. The maximum absolute atomic E-state index is 12.3. The third-order valence-corrected chi connectivity index (χ3v) is 3.99. The van der Waals surface area contributed by atoms with Crippen LogP contribution in [0.2, 0.25) is 0 Å². The molecular formula is C15H17N5O9. The lowest BCUT2D eigenvalue weighted by Gasteiger charge is -2.24. The van der Waals surface area contributed by atoms with Crippen LogP contribution >= 0.6 is 0 Å². The average Bonchev–Trinajstić information content (AvgIpc) is 2.92. The Hall–Kier alpha value is -3.64. The number of hydrogen-bond acceptors (Lipinski definition) is 9. The number of carbonyl (C=O) groups is 3. The maximum Gasteiger partial charge on any atom is 0.330 e. The number of carboxylic acid groups (broad SMARTS) is 1. The summed E-state index contributed by atoms with van der Waals surface area (Å²) < 4.78 is 16.6. The standard InChI is InChI=1S/C15H17N5O9/c1-5-4-20(15(26)17-12(5)23)13-11(28-7(3)22)10(27-6(2)21)9(29-13)8(14(24)25)18-19-16/h4,8-11,13H,1-3H3,(H,24,25)(H,17,23,26)/t8-,9+,10+,11+,13+/m0/s1.